The van der Waals surface area contributed by atoms with Gasteiger partial charge in [-0.05, 0) is 12.1 Å². The fraction of sp³-hybridized carbons (Fsp3) is 0.111. The molecule has 1 aromatic rings. The van der Waals surface area contributed by atoms with Gasteiger partial charge in [-0.25, -0.2) is 4.79 Å². The number of para-hydroxylation sites is 1. The molecule has 0 aliphatic heterocycles. The topological polar surface area (TPSA) is 84.2 Å². The van der Waals surface area contributed by atoms with Crippen LogP contribution in [0, 0.1) is 0 Å². The number of benzene rings is 1. The number of carbonyl (C=O) groups excluding carboxylic acids is 2. The van der Waals surface area contributed by atoms with Gasteiger partial charge in [0.2, 0.25) is 0 Å². The van der Waals surface area contributed by atoms with Crippen molar-refractivity contribution < 1.29 is 9.59 Å². The summed E-state index contributed by atoms with van der Waals surface area (Å²) in [5.74, 6) is -0.806. The quantitative estimate of drug-likeness (QED) is 0.529. The van der Waals surface area contributed by atoms with Crippen molar-refractivity contribution in [2.45, 2.75) is 5.50 Å². The first-order valence-electron chi connectivity index (χ1n) is 4.15. The number of anilines is 1. The highest BCUT2D eigenvalue weighted by Gasteiger charge is 2.13. The normalized spacial score (nSPS) is 11.5. The first-order chi connectivity index (χ1) is 7.09. The number of nitrogens with one attached hydrogen (secondary N) is 2. The van der Waals surface area contributed by atoms with Crippen LogP contribution < -0.4 is 16.4 Å². The lowest BCUT2D eigenvalue weighted by Crippen LogP contribution is -2.42. The Morgan fingerprint density at radius 2 is 1.87 bits per heavy atom. The molecule has 0 fully saturated rings. The zero-order valence-electron chi connectivity index (χ0n) is 7.74. The Balaban J connectivity index is 2.47. The van der Waals surface area contributed by atoms with Gasteiger partial charge in [0.15, 0.2) is 5.50 Å². The maximum atomic E-state index is 11.2. The third-order valence-electron chi connectivity index (χ3n) is 1.54. The molecule has 80 valence electrons. The van der Waals surface area contributed by atoms with Gasteiger partial charge in [-0.2, -0.15) is 0 Å². The van der Waals surface area contributed by atoms with Gasteiger partial charge >= 0.3 is 6.03 Å². The molecule has 0 aliphatic rings. The fourth-order valence-corrected chi connectivity index (χ4v) is 0.974. The van der Waals surface area contributed by atoms with Crippen LogP contribution in [0.4, 0.5) is 10.5 Å². The Morgan fingerprint density at radius 1 is 1.27 bits per heavy atom. The van der Waals surface area contributed by atoms with E-state index < -0.39 is 17.4 Å². The van der Waals surface area contributed by atoms with Crippen LogP contribution in [-0.2, 0) is 4.79 Å². The fourth-order valence-electron chi connectivity index (χ4n) is 0.875. The SMILES string of the molecule is NC(=O)C(Cl)NC(=O)Nc1ccccc1. The highest BCUT2D eigenvalue weighted by molar-refractivity contribution is 6.31. The molecule has 4 N–H and O–H groups in total. The number of alkyl halides is 1. The summed E-state index contributed by atoms with van der Waals surface area (Å²) in [6.07, 6.45) is 0. The van der Waals surface area contributed by atoms with E-state index in [1.807, 2.05) is 6.07 Å². The molecule has 0 saturated carbocycles. The third kappa shape index (κ3) is 3.86. The summed E-state index contributed by atoms with van der Waals surface area (Å²) in [5, 5.41) is 4.65. The highest BCUT2D eigenvalue weighted by Crippen LogP contribution is 2.04. The Morgan fingerprint density at radius 3 is 2.40 bits per heavy atom. The van der Waals surface area contributed by atoms with Gasteiger partial charge < -0.3 is 16.4 Å². The predicted octanol–water partition coefficient (Wildman–Crippen LogP) is 0.858. The molecular formula is C9H10ClN3O2. The lowest BCUT2D eigenvalue weighted by atomic mass is 10.3. The smallest absolute Gasteiger partial charge is 0.320 e. The monoisotopic (exact) mass is 227 g/mol. The average molecular weight is 228 g/mol. The number of halogens is 1. The summed E-state index contributed by atoms with van der Waals surface area (Å²) in [7, 11) is 0. The van der Waals surface area contributed by atoms with Gasteiger partial charge in [-0.1, -0.05) is 29.8 Å². The van der Waals surface area contributed by atoms with Crippen LogP contribution in [0.25, 0.3) is 0 Å². The van der Waals surface area contributed by atoms with Crippen molar-refractivity contribution in [2.24, 2.45) is 5.73 Å². The number of hydrogen-bond acceptors (Lipinski definition) is 2. The Hall–Kier alpha value is -1.75. The summed E-state index contributed by atoms with van der Waals surface area (Å²) in [4.78, 5) is 21.7. The van der Waals surface area contributed by atoms with Gasteiger partial charge in [0, 0.05) is 5.69 Å². The molecule has 15 heavy (non-hydrogen) atoms. The number of rotatable bonds is 3. The van der Waals surface area contributed by atoms with Crippen molar-refractivity contribution in [1.82, 2.24) is 5.32 Å². The zero-order valence-corrected chi connectivity index (χ0v) is 8.49. The molecule has 0 heterocycles. The van der Waals surface area contributed by atoms with Crippen LogP contribution in [0.3, 0.4) is 0 Å². The van der Waals surface area contributed by atoms with Crippen molar-refractivity contribution >= 4 is 29.2 Å². The Kier molecular flexibility index (Phi) is 3.93. The van der Waals surface area contributed by atoms with Crippen molar-refractivity contribution in [3.63, 3.8) is 0 Å². The van der Waals surface area contributed by atoms with E-state index >= 15 is 0 Å². The Labute approximate surface area is 91.6 Å². The molecule has 6 heteroatoms. The lowest BCUT2D eigenvalue weighted by Gasteiger charge is -2.09. The molecule has 0 saturated heterocycles. The Bertz CT molecular complexity index is 356. The summed E-state index contributed by atoms with van der Waals surface area (Å²) in [6, 6.07) is 8.17. The van der Waals surface area contributed by atoms with Gasteiger partial charge in [-0.3, -0.25) is 4.79 Å². The molecule has 1 unspecified atom stereocenters. The molecule has 0 aromatic heterocycles. The van der Waals surface area contributed by atoms with Crippen LogP contribution in [-0.4, -0.2) is 17.4 Å². The predicted molar refractivity (Wildman–Crippen MR) is 57.4 cm³/mol. The lowest BCUT2D eigenvalue weighted by molar-refractivity contribution is -0.118. The largest absolute Gasteiger partial charge is 0.367 e. The molecule has 1 atom stereocenters. The molecule has 1 aromatic carbocycles. The number of amides is 3. The first-order valence-corrected chi connectivity index (χ1v) is 4.59. The van der Waals surface area contributed by atoms with Crippen molar-refractivity contribution in [1.29, 1.82) is 0 Å². The average Bonchev–Trinajstić information content (AvgIpc) is 2.18. The van der Waals surface area contributed by atoms with E-state index in [-0.39, 0.29) is 0 Å². The van der Waals surface area contributed by atoms with E-state index in [0.29, 0.717) is 5.69 Å². The van der Waals surface area contributed by atoms with Crippen molar-refractivity contribution in [3.05, 3.63) is 30.3 Å². The van der Waals surface area contributed by atoms with E-state index in [1.165, 1.54) is 0 Å². The molecule has 0 bridgehead atoms. The second kappa shape index (κ2) is 5.21. The van der Waals surface area contributed by atoms with E-state index in [1.54, 1.807) is 24.3 Å². The van der Waals surface area contributed by atoms with Gasteiger partial charge in [0.1, 0.15) is 0 Å². The van der Waals surface area contributed by atoms with Crippen LogP contribution in [0.1, 0.15) is 0 Å². The summed E-state index contributed by atoms with van der Waals surface area (Å²) >= 11 is 5.43. The van der Waals surface area contributed by atoms with Crippen LogP contribution in [0.5, 0.6) is 0 Å². The van der Waals surface area contributed by atoms with Gasteiger partial charge in [0.05, 0.1) is 0 Å². The standard InChI is InChI=1S/C9H10ClN3O2/c10-7(8(11)14)13-9(15)12-6-4-2-1-3-5-6/h1-5,7H,(H2,11,14)(H2,12,13,15). The number of nitrogens with two attached hydrogens (primary N) is 1. The molecule has 1 rings (SSSR count). The molecule has 0 spiro atoms. The summed E-state index contributed by atoms with van der Waals surface area (Å²) < 4.78 is 0. The molecular weight excluding hydrogens is 218 g/mol. The summed E-state index contributed by atoms with van der Waals surface area (Å²) in [5.41, 5.74) is 4.25. The minimum atomic E-state index is -1.21. The van der Waals surface area contributed by atoms with Gasteiger partial charge in [0.25, 0.3) is 5.91 Å². The highest BCUT2D eigenvalue weighted by atomic mass is 35.5. The van der Waals surface area contributed by atoms with Crippen molar-refractivity contribution in [2.75, 3.05) is 5.32 Å². The molecule has 0 radical (unpaired) electrons. The maximum Gasteiger partial charge on any atom is 0.320 e. The van der Waals surface area contributed by atoms with Crippen LogP contribution in [0.2, 0.25) is 0 Å². The van der Waals surface area contributed by atoms with E-state index in [4.69, 9.17) is 17.3 Å². The van der Waals surface area contributed by atoms with Crippen molar-refractivity contribution in [3.8, 4) is 0 Å². The first kappa shape index (κ1) is 11.3. The van der Waals surface area contributed by atoms with E-state index in [0.717, 1.165) is 0 Å². The minimum Gasteiger partial charge on any atom is -0.367 e. The van der Waals surface area contributed by atoms with E-state index in [2.05, 4.69) is 10.6 Å². The molecule has 0 aliphatic carbocycles. The zero-order chi connectivity index (χ0) is 11.3. The third-order valence-corrected chi connectivity index (χ3v) is 1.86. The van der Waals surface area contributed by atoms with Crippen LogP contribution in [0.15, 0.2) is 30.3 Å². The molecule has 3 amide bonds. The number of urea groups is 1. The molecule has 5 nitrogen and oxygen atoms in total. The van der Waals surface area contributed by atoms with Crippen LogP contribution >= 0.6 is 11.6 Å². The van der Waals surface area contributed by atoms with E-state index in [9.17, 15) is 9.59 Å². The number of carbonyl (C=O) groups is 2. The maximum absolute atomic E-state index is 11.2. The number of primary amides is 1. The second-order valence-electron chi connectivity index (χ2n) is 2.73. The van der Waals surface area contributed by atoms with Gasteiger partial charge in [-0.15, -0.1) is 0 Å². The second-order valence-corrected chi connectivity index (χ2v) is 3.17. The number of hydrogen-bond donors (Lipinski definition) is 3. The minimum absolute atomic E-state index is 0.583. The summed E-state index contributed by atoms with van der Waals surface area (Å²) in [6.45, 7) is 0.